The third-order valence-electron chi connectivity index (χ3n) is 7.10. The highest BCUT2D eigenvalue weighted by atomic mass is 16.3. The summed E-state index contributed by atoms with van der Waals surface area (Å²) in [5, 5.41) is 6.79. The normalized spacial score (nSPS) is 12.2. The molecule has 4 nitrogen and oxygen atoms in total. The molecule has 0 bridgehead atoms. The van der Waals surface area contributed by atoms with E-state index in [1.54, 1.807) is 0 Å². The van der Waals surface area contributed by atoms with Crippen LogP contribution in [0.1, 0.15) is 0 Å². The van der Waals surface area contributed by atoms with Crippen LogP contribution >= 0.6 is 0 Å². The van der Waals surface area contributed by atoms with Crippen molar-refractivity contribution >= 4 is 65.6 Å². The van der Waals surface area contributed by atoms with Gasteiger partial charge in [0.1, 0.15) is 5.58 Å². The Morgan fingerprint density at radius 2 is 1.12 bits per heavy atom. The molecule has 3 heterocycles. The van der Waals surface area contributed by atoms with Gasteiger partial charge < -0.3 is 14.8 Å². The molecule has 2 N–H and O–H groups in total. The summed E-state index contributed by atoms with van der Waals surface area (Å²) in [6.07, 6.45) is 0. The first kappa shape index (κ1) is 17.8. The van der Waals surface area contributed by atoms with Crippen molar-refractivity contribution in [3.05, 3.63) is 103 Å². The van der Waals surface area contributed by atoms with Gasteiger partial charge in [-0.05, 0) is 30.3 Å². The van der Waals surface area contributed by atoms with Gasteiger partial charge in [0.05, 0.1) is 27.5 Å². The average Bonchev–Trinajstić information content (AvgIpc) is 3.53. The van der Waals surface area contributed by atoms with Crippen molar-refractivity contribution in [1.82, 2.24) is 9.24 Å². The summed E-state index contributed by atoms with van der Waals surface area (Å²) in [5.74, 6) is 6.81. The molecule has 5 aromatic carbocycles. The van der Waals surface area contributed by atoms with Gasteiger partial charge in [-0.2, -0.15) is 0 Å². The first-order chi connectivity index (χ1) is 16.8. The lowest BCUT2D eigenvalue weighted by molar-refractivity contribution is 0.671. The number of fused-ring (bicyclic) bond motifs is 12. The smallest absolute Gasteiger partial charge is 0.162 e. The zero-order chi connectivity index (χ0) is 22.4. The van der Waals surface area contributed by atoms with Gasteiger partial charge in [-0.3, -0.25) is 4.68 Å². The van der Waals surface area contributed by atoms with E-state index in [1.165, 1.54) is 10.8 Å². The van der Waals surface area contributed by atoms with Gasteiger partial charge in [-0.1, -0.05) is 72.8 Å². The number of aromatic nitrogens is 2. The third-order valence-corrected chi connectivity index (χ3v) is 7.10. The van der Waals surface area contributed by atoms with Gasteiger partial charge in [-0.15, -0.1) is 0 Å². The molecule has 0 spiro atoms. The Balaban J connectivity index is 1.82. The van der Waals surface area contributed by atoms with Crippen LogP contribution in [0.4, 0.5) is 0 Å². The summed E-state index contributed by atoms with van der Waals surface area (Å²) in [4.78, 5) is 0. The standard InChI is InChI=1S/C30H19N3O/c31-33-23-16-8-5-13-20(23)25-26-19-12-4-7-15-22(19)32(18-10-2-1-3-11-18)29(26)30-27(28(25)33)21-14-6-9-17-24(21)34-30/h1-17H,31H2. The van der Waals surface area contributed by atoms with E-state index < -0.39 is 0 Å². The summed E-state index contributed by atoms with van der Waals surface area (Å²) in [5.41, 5.74) is 7.05. The molecule has 4 heteroatoms. The van der Waals surface area contributed by atoms with Gasteiger partial charge in [0.15, 0.2) is 5.58 Å². The predicted octanol–water partition coefficient (Wildman–Crippen LogP) is 7.50. The molecule has 0 unspecified atom stereocenters. The number of hydrogen-bond acceptors (Lipinski definition) is 2. The van der Waals surface area contributed by atoms with Gasteiger partial charge in [0, 0.05) is 32.6 Å². The van der Waals surface area contributed by atoms with E-state index in [9.17, 15) is 0 Å². The van der Waals surface area contributed by atoms with Crippen LogP contribution in [-0.2, 0) is 0 Å². The van der Waals surface area contributed by atoms with Crippen LogP contribution in [0, 0.1) is 0 Å². The van der Waals surface area contributed by atoms with Crippen molar-refractivity contribution in [2.45, 2.75) is 0 Å². The highest BCUT2D eigenvalue weighted by molar-refractivity contribution is 6.39. The van der Waals surface area contributed by atoms with Crippen LogP contribution in [0.15, 0.2) is 108 Å². The fourth-order valence-corrected chi connectivity index (χ4v) is 5.76. The second kappa shape index (κ2) is 6.21. The number of para-hydroxylation sites is 4. The number of benzene rings is 5. The SMILES string of the molecule is Nn1c2ccccc2c2c3c4ccccc4n(-c4ccccc4)c3c3oc4ccccc4c3c21. The van der Waals surface area contributed by atoms with Crippen LogP contribution < -0.4 is 5.84 Å². The maximum Gasteiger partial charge on any atom is 0.162 e. The molecule has 0 saturated heterocycles. The zero-order valence-corrected chi connectivity index (χ0v) is 18.2. The fourth-order valence-electron chi connectivity index (χ4n) is 5.76. The number of hydrogen-bond donors (Lipinski definition) is 1. The minimum Gasteiger partial charge on any atom is -0.454 e. The number of nitrogens with zero attached hydrogens (tertiary/aromatic N) is 2. The molecule has 34 heavy (non-hydrogen) atoms. The van der Waals surface area contributed by atoms with Crippen LogP contribution in [-0.4, -0.2) is 9.24 Å². The Morgan fingerprint density at radius 1 is 0.529 bits per heavy atom. The molecule has 8 aromatic rings. The molecule has 0 fully saturated rings. The van der Waals surface area contributed by atoms with Gasteiger partial charge in [0.2, 0.25) is 0 Å². The van der Waals surface area contributed by atoms with E-state index in [2.05, 4.69) is 89.5 Å². The summed E-state index contributed by atoms with van der Waals surface area (Å²) < 4.78 is 10.8. The summed E-state index contributed by atoms with van der Waals surface area (Å²) in [6, 6.07) is 35.7. The van der Waals surface area contributed by atoms with Gasteiger partial charge in [0.25, 0.3) is 0 Å². The van der Waals surface area contributed by atoms with Crippen molar-refractivity contribution in [2.24, 2.45) is 0 Å². The van der Waals surface area contributed by atoms with Crippen molar-refractivity contribution in [3.8, 4) is 5.69 Å². The van der Waals surface area contributed by atoms with E-state index in [0.717, 1.165) is 60.5 Å². The Morgan fingerprint density at radius 3 is 1.91 bits per heavy atom. The molecule has 3 aromatic heterocycles. The second-order valence-electron chi connectivity index (χ2n) is 8.82. The average molecular weight is 438 g/mol. The highest BCUT2D eigenvalue weighted by Crippen LogP contribution is 2.47. The molecular formula is C30H19N3O. The van der Waals surface area contributed by atoms with Crippen molar-refractivity contribution in [2.75, 3.05) is 5.84 Å². The van der Waals surface area contributed by atoms with Crippen LogP contribution in [0.25, 0.3) is 71.2 Å². The quantitative estimate of drug-likeness (QED) is 0.270. The lowest BCUT2D eigenvalue weighted by atomic mass is 10.0. The van der Waals surface area contributed by atoms with Crippen LogP contribution in [0.3, 0.4) is 0 Å². The molecule has 0 aliphatic rings. The lowest BCUT2D eigenvalue weighted by Crippen LogP contribution is -2.07. The molecule has 0 aliphatic heterocycles. The van der Waals surface area contributed by atoms with E-state index >= 15 is 0 Å². The van der Waals surface area contributed by atoms with Crippen molar-refractivity contribution in [3.63, 3.8) is 0 Å². The monoisotopic (exact) mass is 437 g/mol. The molecule has 0 saturated carbocycles. The zero-order valence-electron chi connectivity index (χ0n) is 18.2. The molecule has 0 amide bonds. The van der Waals surface area contributed by atoms with Crippen molar-refractivity contribution in [1.29, 1.82) is 0 Å². The molecule has 0 radical (unpaired) electrons. The second-order valence-corrected chi connectivity index (χ2v) is 8.82. The van der Waals surface area contributed by atoms with Gasteiger partial charge in [-0.25, -0.2) is 0 Å². The molecular weight excluding hydrogens is 418 g/mol. The van der Waals surface area contributed by atoms with E-state index in [0.29, 0.717) is 0 Å². The first-order valence-electron chi connectivity index (χ1n) is 11.4. The summed E-state index contributed by atoms with van der Waals surface area (Å²) in [6.45, 7) is 0. The Hall–Kier alpha value is -4.70. The number of nitrogens with two attached hydrogens (primary N) is 1. The number of furan rings is 1. The van der Waals surface area contributed by atoms with E-state index in [4.69, 9.17) is 10.3 Å². The Labute approximate surface area is 194 Å². The predicted molar refractivity (Wildman–Crippen MR) is 141 cm³/mol. The first-order valence-corrected chi connectivity index (χ1v) is 11.4. The fraction of sp³-hybridized carbons (Fsp3) is 0. The molecule has 0 atom stereocenters. The summed E-state index contributed by atoms with van der Waals surface area (Å²) in [7, 11) is 0. The molecule has 0 aliphatic carbocycles. The lowest BCUT2D eigenvalue weighted by Gasteiger charge is -2.08. The Bertz CT molecular complexity index is 2070. The van der Waals surface area contributed by atoms with Gasteiger partial charge >= 0.3 is 0 Å². The van der Waals surface area contributed by atoms with E-state index in [-0.39, 0.29) is 0 Å². The highest BCUT2D eigenvalue weighted by Gasteiger charge is 2.26. The largest absolute Gasteiger partial charge is 0.454 e. The minimum atomic E-state index is 0.859. The van der Waals surface area contributed by atoms with Crippen LogP contribution in [0.2, 0.25) is 0 Å². The Kier molecular flexibility index (Phi) is 3.25. The van der Waals surface area contributed by atoms with Crippen molar-refractivity contribution < 1.29 is 4.42 Å². The maximum atomic E-state index is 6.81. The number of rotatable bonds is 1. The summed E-state index contributed by atoms with van der Waals surface area (Å²) >= 11 is 0. The minimum absolute atomic E-state index is 0.859. The van der Waals surface area contributed by atoms with Crippen LogP contribution in [0.5, 0.6) is 0 Å². The molecule has 160 valence electrons. The van der Waals surface area contributed by atoms with E-state index in [1.807, 2.05) is 22.9 Å². The third kappa shape index (κ3) is 2.04. The molecule has 8 rings (SSSR count). The number of nitrogen functional groups attached to an aromatic ring is 1. The topological polar surface area (TPSA) is 49.0 Å². The maximum absolute atomic E-state index is 6.81.